The average molecular weight is 265 g/mol. The van der Waals surface area contributed by atoms with Gasteiger partial charge in [-0.05, 0) is 24.1 Å². The lowest BCUT2D eigenvalue weighted by Gasteiger charge is -2.38. The van der Waals surface area contributed by atoms with Crippen molar-refractivity contribution in [3.8, 4) is 5.75 Å². The van der Waals surface area contributed by atoms with Crippen LogP contribution < -0.4 is 10.1 Å². The average Bonchev–Trinajstić information content (AvgIpc) is 2.38. The van der Waals surface area contributed by atoms with Gasteiger partial charge in [-0.15, -0.1) is 0 Å². The molecule has 19 heavy (non-hydrogen) atoms. The molecule has 1 aliphatic heterocycles. The van der Waals surface area contributed by atoms with Gasteiger partial charge >= 0.3 is 0 Å². The van der Waals surface area contributed by atoms with Gasteiger partial charge in [0.15, 0.2) is 0 Å². The molecule has 1 fully saturated rings. The Morgan fingerprint density at radius 3 is 2.74 bits per heavy atom. The van der Waals surface area contributed by atoms with Crippen LogP contribution in [0.3, 0.4) is 0 Å². The SMILES string of the molecule is CCc1ccc(OC)c(NC(=O)C2(CO)COC2)c1. The van der Waals surface area contributed by atoms with E-state index in [2.05, 4.69) is 5.32 Å². The molecule has 0 aliphatic carbocycles. The van der Waals surface area contributed by atoms with Gasteiger partial charge in [-0.2, -0.15) is 0 Å². The number of aryl methyl sites for hydroxylation is 1. The second-order valence-electron chi connectivity index (χ2n) is 4.77. The maximum atomic E-state index is 12.2. The van der Waals surface area contributed by atoms with Crippen LogP contribution in [0.25, 0.3) is 0 Å². The summed E-state index contributed by atoms with van der Waals surface area (Å²) in [6.45, 7) is 2.34. The topological polar surface area (TPSA) is 67.8 Å². The molecule has 1 aromatic carbocycles. The smallest absolute Gasteiger partial charge is 0.237 e. The Hall–Kier alpha value is -1.59. The highest BCUT2D eigenvalue weighted by molar-refractivity contribution is 5.97. The Kier molecular flexibility index (Phi) is 4.07. The Morgan fingerprint density at radius 1 is 1.53 bits per heavy atom. The lowest BCUT2D eigenvalue weighted by atomic mass is 9.86. The van der Waals surface area contributed by atoms with Crippen molar-refractivity contribution in [3.63, 3.8) is 0 Å². The normalized spacial score (nSPS) is 16.6. The number of anilines is 1. The molecule has 0 spiro atoms. The molecule has 5 nitrogen and oxygen atoms in total. The van der Waals surface area contributed by atoms with Crippen LogP contribution in [-0.2, 0) is 16.0 Å². The summed E-state index contributed by atoms with van der Waals surface area (Å²) >= 11 is 0. The number of carbonyl (C=O) groups is 1. The summed E-state index contributed by atoms with van der Waals surface area (Å²) in [5.41, 5.74) is 0.929. The van der Waals surface area contributed by atoms with E-state index in [1.165, 1.54) is 0 Å². The third-order valence-electron chi connectivity index (χ3n) is 3.46. The minimum Gasteiger partial charge on any atom is -0.495 e. The van der Waals surface area contributed by atoms with Crippen LogP contribution >= 0.6 is 0 Å². The van der Waals surface area contributed by atoms with Crippen molar-refractivity contribution in [1.82, 2.24) is 0 Å². The van der Waals surface area contributed by atoms with E-state index in [4.69, 9.17) is 9.47 Å². The van der Waals surface area contributed by atoms with Crippen LogP contribution in [0.1, 0.15) is 12.5 Å². The molecule has 1 amide bonds. The number of aliphatic hydroxyl groups excluding tert-OH is 1. The van der Waals surface area contributed by atoms with Gasteiger partial charge in [-0.3, -0.25) is 4.79 Å². The lowest BCUT2D eigenvalue weighted by molar-refractivity contribution is -0.164. The summed E-state index contributed by atoms with van der Waals surface area (Å²) in [4.78, 5) is 12.2. The maximum Gasteiger partial charge on any atom is 0.237 e. The number of rotatable bonds is 5. The molecule has 2 rings (SSSR count). The summed E-state index contributed by atoms with van der Waals surface area (Å²) in [7, 11) is 1.56. The predicted molar refractivity (Wildman–Crippen MR) is 71.3 cm³/mol. The highest BCUT2D eigenvalue weighted by Crippen LogP contribution is 2.31. The Balaban J connectivity index is 2.19. The van der Waals surface area contributed by atoms with E-state index in [-0.39, 0.29) is 25.7 Å². The molecule has 1 saturated heterocycles. The second-order valence-corrected chi connectivity index (χ2v) is 4.77. The van der Waals surface area contributed by atoms with Gasteiger partial charge in [-0.25, -0.2) is 0 Å². The predicted octanol–water partition coefficient (Wildman–Crippen LogP) is 1.20. The zero-order chi connectivity index (χ0) is 13.9. The van der Waals surface area contributed by atoms with Crippen LogP contribution in [-0.4, -0.2) is 37.9 Å². The zero-order valence-corrected chi connectivity index (χ0v) is 11.2. The van der Waals surface area contributed by atoms with Gasteiger partial charge in [0, 0.05) is 0 Å². The molecule has 104 valence electrons. The molecule has 0 saturated carbocycles. The Labute approximate surface area is 112 Å². The van der Waals surface area contributed by atoms with Crippen LogP contribution in [0.5, 0.6) is 5.75 Å². The van der Waals surface area contributed by atoms with Gasteiger partial charge in [0.05, 0.1) is 32.6 Å². The van der Waals surface area contributed by atoms with Gasteiger partial charge in [0.2, 0.25) is 5.91 Å². The number of hydrogen-bond donors (Lipinski definition) is 2. The first kappa shape index (κ1) is 13.8. The van der Waals surface area contributed by atoms with Crippen molar-refractivity contribution < 1.29 is 19.4 Å². The molecule has 0 aromatic heterocycles. The number of aliphatic hydroxyl groups is 1. The van der Waals surface area contributed by atoms with E-state index >= 15 is 0 Å². The van der Waals surface area contributed by atoms with E-state index < -0.39 is 5.41 Å². The summed E-state index contributed by atoms with van der Waals surface area (Å²) < 4.78 is 10.3. The number of nitrogens with one attached hydrogen (secondary N) is 1. The number of carbonyl (C=O) groups excluding carboxylic acids is 1. The number of amides is 1. The molecular formula is C14H19NO4. The standard InChI is InChI=1S/C14H19NO4/c1-3-10-4-5-12(18-2)11(6-10)15-13(17)14(7-16)8-19-9-14/h4-6,16H,3,7-9H2,1-2H3,(H,15,17). The molecule has 5 heteroatoms. The summed E-state index contributed by atoms with van der Waals surface area (Å²) in [5.74, 6) is 0.381. The van der Waals surface area contributed by atoms with Gasteiger partial charge in [-0.1, -0.05) is 13.0 Å². The second kappa shape index (κ2) is 5.59. The fourth-order valence-electron chi connectivity index (χ4n) is 1.97. The number of ether oxygens (including phenoxy) is 2. The van der Waals surface area contributed by atoms with E-state index in [9.17, 15) is 9.90 Å². The van der Waals surface area contributed by atoms with Crippen molar-refractivity contribution in [2.24, 2.45) is 5.41 Å². The summed E-state index contributed by atoms with van der Waals surface area (Å²) in [6, 6.07) is 5.68. The van der Waals surface area contributed by atoms with Crippen molar-refractivity contribution in [3.05, 3.63) is 23.8 Å². The van der Waals surface area contributed by atoms with Crippen molar-refractivity contribution in [1.29, 1.82) is 0 Å². The van der Waals surface area contributed by atoms with Crippen LogP contribution in [0.4, 0.5) is 5.69 Å². The van der Waals surface area contributed by atoms with Crippen LogP contribution in [0.2, 0.25) is 0 Å². The van der Waals surface area contributed by atoms with E-state index in [1.807, 2.05) is 25.1 Å². The lowest BCUT2D eigenvalue weighted by Crippen LogP contribution is -2.54. The minimum atomic E-state index is -0.812. The van der Waals surface area contributed by atoms with E-state index in [1.54, 1.807) is 7.11 Å². The molecule has 1 aliphatic rings. The van der Waals surface area contributed by atoms with E-state index in [0.717, 1.165) is 12.0 Å². The molecule has 0 unspecified atom stereocenters. The summed E-state index contributed by atoms with van der Waals surface area (Å²) in [5, 5.41) is 12.2. The Morgan fingerprint density at radius 2 is 2.26 bits per heavy atom. The van der Waals surface area contributed by atoms with Gasteiger partial charge in [0.25, 0.3) is 0 Å². The molecule has 0 radical (unpaired) electrons. The fraction of sp³-hybridized carbons (Fsp3) is 0.500. The van der Waals surface area contributed by atoms with Gasteiger partial charge in [0.1, 0.15) is 11.2 Å². The third-order valence-corrected chi connectivity index (χ3v) is 3.46. The highest BCUT2D eigenvalue weighted by Gasteiger charge is 2.45. The fourth-order valence-corrected chi connectivity index (χ4v) is 1.97. The summed E-state index contributed by atoms with van der Waals surface area (Å²) in [6.07, 6.45) is 0.876. The third kappa shape index (κ3) is 2.57. The molecule has 1 aromatic rings. The number of methoxy groups -OCH3 is 1. The molecular weight excluding hydrogens is 246 g/mol. The molecule has 0 bridgehead atoms. The molecule has 1 heterocycles. The van der Waals surface area contributed by atoms with Crippen molar-refractivity contribution >= 4 is 11.6 Å². The number of benzene rings is 1. The minimum absolute atomic E-state index is 0.214. The maximum absolute atomic E-state index is 12.2. The quantitative estimate of drug-likeness (QED) is 0.839. The van der Waals surface area contributed by atoms with Crippen LogP contribution in [0, 0.1) is 5.41 Å². The van der Waals surface area contributed by atoms with Crippen LogP contribution in [0.15, 0.2) is 18.2 Å². The molecule has 2 N–H and O–H groups in total. The molecule has 0 atom stereocenters. The first-order chi connectivity index (χ1) is 9.15. The van der Waals surface area contributed by atoms with E-state index in [0.29, 0.717) is 11.4 Å². The first-order valence-electron chi connectivity index (χ1n) is 6.32. The zero-order valence-electron chi connectivity index (χ0n) is 11.2. The first-order valence-corrected chi connectivity index (χ1v) is 6.32. The monoisotopic (exact) mass is 265 g/mol. The highest BCUT2D eigenvalue weighted by atomic mass is 16.5. The number of hydrogen-bond acceptors (Lipinski definition) is 4. The van der Waals surface area contributed by atoms with Gasteiger partial charge < -0.3 is 19.9 Å². The largest absolute Gasteiger partial charge is 0.495 e. The Bertz CT molecular complexity index is 463. The van der Waals surface area contributed by atoms with Crippen molar-refractivity contribution in [2.75, 3.05) is 32.2 Å². The van der Waals surface area contributed by atoms with Crippen molar-refractivity contribution in [2.45, 2.75) is 13.3 Å².